The van der Waals surface area contributed by atoms with Gasteiger partial charge < -0.3 is 15.3 Å². The molecule has 21 heavy (non-hydrogen) atoms. The molecule has 0 unspecified atom stereocenters. The molecule has 2 amide bonds. The summed E-state index contributed by atoms with van der Waals surface area (Å²) in [6.07, 6.45) is 3.37. The second kappa shape index (κ2) is 5.40. The monoisotopic (exact) mass is 285 g/mol. The Morgan fingerprint density at radius 1 is 1.29 bits per heavy atom. The highest BCUT2D eigenvalue weighted by atomic mass is 16.4. The second-order valence-electron chi connectivity index (χ2n) is 5.06. The molecule has 1 fully saturated rings. The van der Waals surface area contributed by atoms with Crippen molar-refractivity contribution in [3.8, 4) is 0 Å². The minimum Gasteiger partial charge on any atom is -0.480 e. The van der Waals surface area contributed by atoms with Crippen LogP contribution in [0.5, 0.6) is 0 Å². The quantitative estimate of drug-likeness (QED) is 0.903. The molecule has 3 rings (SSSR count). The Morgan fingerprint density at radius 3 is 2.76 bits per heavy atom. The van der Waals surface area contributed by atoms with Crippen LogP contribution in [0.15, 0.2) is 36.5 Å². The van der Waals surface area contributed by atoms with E-state index in [9.17, 15) is 9.59 Å². The zero-order chi connectivity index (χ0) is 14.8. The van der Waals surface area contributed by atoms with Gasteiger partial charge >= 0.3 is 12.0 Å². The highest BCUT2D eigenvalue weighted by molar-refractivity contribution is 6.00. The predicted molar refractivity (Wildman–Crippen MR) is 78.1 cm³/mol. The van der Waals surface area contributed by atoms with E-state index in [4.69, 9.17) is 5.11 Å². The smallest absolute Gasteiger partial charge is 0.323 e. The van der Waals surface area contributed by atoms with Crippen molar-refractivity contribution in [3.05, 3.63) is 36.5 Å². The number of aromatic nitrogens is 1. The Hall–Kier alpha value is -2.63. The van der Waals surface area contributed by atoms with Crippen LogP contribution in [-0.2, 0) is 4.79 Å². The number of rotatable bonds is 4. The van der Waals surface area contributed by atoms with Crippen molar-refractivity contribution >= 4 is 28.6 Å². The van der Waals surface area contributed by atoms with Crippen molar-refractivity contribution in [2.45, 2.75) is 18.9 Å². The number of fused-ring (bicyclic) bond motifs is 1. The number of hydrogen-bond donors (Lipinski definition) is 2. The fourth-order valence-corrected chi connectivity index (χ4v) is 2.29. The number of benzene rings is 1. The molecule has 1 saturated carbocycles. The summed E-state index contributed by atoms with van der Waals surface area (Å²) in [6, 6.07) is 8.88. The van der Waals surface area contributed by atoms with Gasteiger partial charge in [-0.1, -0.05) is 18.2 Å². The number of carboxylic acids is 1. The molecule has 1 heterocycles. The third-order valence-electron chi connectivity index (χ3n) is 3.43. The van der Waals surface area contributed by atoms with Gasteiger partial charge in [0.15, 0.2) is 0 Å². The molecule has 2 aromatic rings. The van der Waals surface area contributed by atoms with E-state index in [2.05, 4.69) is 10.3 Å². The lowest BCUT2D eigenvalue weighted by Gasteiger charge is -2.21. The van der Waals surface area contributed by atoms with Crippen molar-refractivity contribution < 1.29 is 14.7 Å². The van der Waals surface area contributed by atoms with Gasteiger partial charge in [-0.15, -0.1) is 0 Å². The number of pyridine rings is 1. The number of para-hydroxylation sites is 1. The molecule has 0 spiro atoms. The zero-order valence-electron chi connectivity index (χ0n) is 11.3. The molecule has 0 atom stereocenters. The molecule has 1 aromatic heterocycles. The largest absolute Gasteiger partial charge is 0.480 e. The van der Waals surface area contributed by atoms with Crippen molar-refractivity contribution in [2.75, 3.05) is 11.9 Å². The number of carbonyl (C=O) groups is 2. The molecule has 0 aliphatic heterocycles. The maximum absolute atomic E-state index is 12.3. The fourth-order valence-electron chi connectivity index (χ4n) is 2.29. The molecular formula is C15H15N3O3. The lowest BCUT2D eigenvalue weighted by Crippen LogP contribution is -2.40. The topological polar surface area (TPSA) is 82.5 Å². The van der Waals surface area contributed by atoms with E-state index in [-0.39, 0.29) is 12.6 Å². The van der Waals surface area contributed by atoms with E-state index in [1.165, 1.54) is 4.90 Å². The number of amides is 2. The van der Waals surface area contributed by atoms with E-state index < -0.39 is 12.0 Å². The van der Waals surface area contributed by atoms with E-state index in [0.29, 0.717) is 11.2 Å². The van der Waals surface area contributed by atoms with Gasteiger partial charge in [0, 0.05) is 17.6 Å². The standard InChI is InChI=1S/C15H15N3O3/c19-13(20)9-18(11-6-7-11)15(21)17-12-5-1-3-10-4-2-8-16-14(10)12/h1-5,8,11H,6-7,9H2,(H,17,21)(H,19,20). The Bertz CT molecular complexity index is 692. The summed E-state index contributed by atoms with van der Waals surface area (Å²) >= 11 is 0. The van der Waals surface area contributed by atoms with E-state index in [1.807, 2.05) is 24.3 Å². The molecule has 0 bridgehead atoms. The van der Waals surface area contributed by atoms with Crippen LogP contribution in [0.1, 0.15) is 12.8 Å². The summed E-state index contributed by atoms with van der Waals surface area (Å²) in [4.78, 5) is 28.8. The number of anilines is 1. The van der Waals surface area contributed by atoms with Crippen LogP contribution >= 0.6 is 0 Å². The van der Waals surface area contributed by atoms with Crippen molar-refractivity contribution in [2.24, 2.45) is 0 Å². The van der Waals surface area contributed by atoms with Crippen LogP contribution in [0.3, 0.4) is 0 Å². The van der Waals surface area contributed by atoms with Gasteiger partial charge in [0.1, 0.15) is 6.54 Å². The Morgan fingerprint density at radius 2 is 2.05 bits per heavy atom. The minimum atomic E-state index is -1.01. The van der Waals surface area contributed by atoms with Crippen molar-refractivity contribution in [1.82, 2.24) is 9.88 Å². The lowest BCUT2D eigenvalue weighted by atomic mass is 10.2. The summed E-state index contributed by atoms with van der Waals surface area (Å²) in [6.45, 7) is -0.283. The van der Waals surface area contributed by atoms with Gasteiger partial charge in [0.25, 0.3) is 0 Å². The van der Waals surface area contributed by atoms with E-state index >= 15 is 0 Å². The number of carboxylic acid groups (broad SMARTS) is 1. The van der Waals surface area contributed by atoms with Crippen molar-refractivity contribution in [3.63, 3.8) is 0 Å². The van der Waals surface area contributed by atoms with Crippen LogP contribution in [0.2, 0.25) is 0 Å². The number of aliphatic carboxylic acids is 1. The summed E-state index contributed by atoms with van der Waals surface area (Å²) in [7, 11) is 0. The van der Waals surface area contributed by atoms with E-state index in [1.54, 1.807) is 12.3 Å². The average Bonchev–Trinajstić information content (AvgIpc) is 3.29. The molecule has 6 nitrogen and oxygen atoms in total. The highest BCUT2D eigenvalue weighted by Crippen LogP contribution is 2.28. The SMILES string of the molecule is O=C(O)CN(C(=O)Nc1cccc2cccnc12)C1CC1. The number of hydrogen-bond acceptors (Lipinski definition) is 3. The number of urea groups is 1. The Kier molecular flexibility index (Phi) is 3.43. The first-order valence-corrected chi connectivity index (χ1v) is 6.78. The summed E-state index contributed by atoms with van der Waals surface area (Å²) < 4.78 is 0. The molecule has 0 saturated heterocycles. The number of nitrogens with zero attached hydrogens (tertiary/aromatic N) is 2. The molecule has 0 radical (unpaired) electrons. The third kappa shape index (κ3) is 2.94. The van der Waals surface area contributed by atoms with Gasteiger partial charge in [-0.2, -0.15) is 0 Å². The van der Waals surface area contributed by atoms with Crippen LogP contribution in [0.4, 0.5) is 10.5 Å². The summed E-state index contributed by atoms with van der Waals surface area (Å²) in [5.41, 5.74) is 1.29. The third-order valence-corrected chi connectivity index (χ3v) is 3.43. The van der Waals surface area contributed by atoms with Gasteiger partial charge in [-0.3, -0.25) is 9.78 Å². The first-order valence-electron chi connectivity index (χ1n) is 6.78. The number of carbonyl (C=O) groups excluding carboxylic acids is 1. The van der Waals surface area contributed by atoms with E-state index in [0.717, 1.165) is 18.2 Å². The number of nitrogens with one attached hydrogen (secondary N) is 1. The summed E-state index contributed by atoms with van der Waals surface area (Å²) in [5.74, 6) is -1.01. The minimum absolute atomic E-state index is 0.0315. The lowest BCUT2D eigenvalue weighted by molar-refractivity contribution is -0.137. The molecule has 108 valence electrons. The zero-order valence-corrected chi connectivity index (χ0v) is 11.3. The predicted octanol–water partition coefficient (Wildman–Crippen LogP) is 2.32. The molecular weight excluding hydrogens is 270 g/mol. The molecule has 1 aliphatic carbocycles. The van der Waals surface area contributed by atoms with Crippen LogP contribution in [0.25, 0.3) is 10.9 Å². The maximum atomic E-state index is 12.3. The first-order chi connectivity index (χ1) is 10.1. The fraction of sp³-hybridized carbons (Fsp3) is 0.267. The Balaban J connectivity index is 1.83. The normalized spacial score (nSPS) is 13.9. The average molecular weight is 285 g/mol. The Labute approximate surface area is 121 Å². The maximum Gasteiger partial charge on any atom is 0.323 e. The van der Waals surface area contributed by atoms with Gasteiger partial charge in [-0.05, 0) is 25.0 Å². The molecule has 1 aromatic carbocycles. The highest BCUT2D eigenvalue weighted by Gasteiger charge is 2.34. The van der Waals surface area contributed by atoms with Gasteiger partial charge in [0.2, 0.25) is 0 Å². The van der Waals surface area contributed by atoms with Crippen LogP contribution in [0, 0.1) is 0 Å². The molecule has 1 aliphatic rings. The molecule has 2 N–H and O–H groups in total. The molecule has 6 heteroatoms. The first kappa shape index (κ1) is 13.4. The van der Waals surface area contributed by atoms with Gasteiger partial charge in [0.05, 0.1) is 11.2 Å². The van der Waals surface area contributed by atoms with Crippen molar-refractivity contribution in [1.29, 1.82) is 0 Å². The van der Waals surface area contributed by atoms with Gasteiger partial charge in [-0.25, -0.2) is 4.79 Å². The van der Waals surface area contributed by atoms with Crippen LogP contribution < -0.4 is 5.32 Å². The van der Waals surface area contributed by atoms with Crippen LogP contribution in [-0.4, -0.2) is 39.6 Å². The second-order valence-corrected chi connectivity index (χ2v) is 5.06. The summed E-state index contributed by atoms with van der Waals surface area (Å²) in [5, 5.41) is 12.6.